The summed E-state index contributed by atoms with van der Waals surface area (Å²) in [5.74, 6) is 1.54. The Morgan fingerprint density at radius 3 is 2.82 bits per heavy atom. The number of benzene rings is 1. The first-order chi connectivity index (χ1) is 8.18. The van der Waals surface area contributed by atoms with Crippen LogP contribution >= 0.6 is 0 Å². The number of nitrogens with two attached hydrogens (primary N) is 1. The molecule has 2 rings (SSSR count). The van der Waals surface area contributed by atoms with E-state index >= 15 is 0 Å². The molecule has 0 amide bonds. The van der Waals surface area contributed by atoms with Crippen LogP contribution in [0, 0.1) is 5.92 Å². The van der Waals surface area contributed by atoms with Crippen molar-refractivity contribution in [2.75, 3.05) is 12.3 Å². The topological polar surface area (TPSA) is 48.1 Å². The number of ether oxygens (including phenoxy) is 1. The van der Waals surface area contributed by atoms with E-state index in [1.54, 1.807) is 12.4 Å². The van der Waals surface area contributed by atoms with Crippen LogP contribution in [0.4, 0.5) is 5.69 Å². The molecule has 0 aliphatic carbocycles. The van der Waals surface area contributed by atoms with Crippen molar-refractivity contribution in [3.05, 3.63) is 30.6 Å². The van der Waals surface area contributed by atoms with Crippen molar-refractivity contribution < 1.29 is 4.74 Å². The summed E-state index contributed by atoms with van der Waals surface area (Å²) in [7, 11) is 0. The van der Waals surface area contributed by atoms with Crippen LogP contribution < -0.4 is 10.5 Å². The lowest BCUT2D eigenvalue weighted by atomic mass is 10.1. The van der Waals surface area contributed by atoms with E-state index in [1.807, 2.05) is 18.2 Å². The maximum absolute atomic E-state index is 5.91. The molecule has 0 saturated carbocycles. The Morgan fingerprint density at radius 2 is 2.06 bits per heavy atom. The summed E-state index contributed by atoms with van der Waals surface area (Å²) in [5.41, 5.74) is 6.65. The number of pyridine rings is 1. The highest BCUT2D eigenvalue weighted by Gasteiger charge is 2.05. The molecule has 0 bridgehead atoms. The molecular weight excluding hydrogens is 212 g/mol. The van der Waals surface area contributed by atoms with Crippen molar-refractivity contribution in [2.24, 2.45) is 5.92 Å². The van der Waals surface area contributed by atoms with Crippen molar-refractivity contribution in [1.29, 1.82) is 0 Å². The number of hydrogen-bond acceptors (Lipinski definition) is 3. The number of anilines is 1. The molecule has 0 unspecified atom stereocenters. The Morgan fingerprint density at radius 1 is 1.24 bits per heavy atom. The molecule has 1 heterocycles. The summed E-state index contributed by atoms with van der Waals surface area (Å²) in [6.07, 6.45) is 4.59. The SMILES string of the molecule is CC(C)CCOc1ccc(N)c2cnccc12. The van der Waals surface area contributed by atoms with Gasteiger partial charge in [-0.2, -0.15) is 0 Å². The van der Waals surface area contributed by atoms with Gasteiger partial charge >= 0.3 is 0 Å². The van der Waals surface area contributed by atoms with Gasteiger partial charge in [0.1, 0.15) is 5.75 Å². The minimum absolute atomic E-state index is 0.650. The predicted octanol–water partition coefficient (Wildman–Crippen LogP) is 3.24. The van der Waals surface area contributed by atoms with E-state index in [0.29, 0.717) is 5.92 Å². The molecule has 2 N–H and O–H groups in total. The van der Waals surface area contributed by atoms with Gasteiger partial charge in [-0.25, -0.2) is 0 Å². The minimum Gasteiger partial charge on any atom is -0.493 e. The first-order valence-electron chi connectivity index (χ1n) is 5.93. The van der Waals surface area contributed by atoms with Crippen molar-refractivity contribution >= 4 is 16.5 Å². The highest BCUT2D eigenvalue weighted by Crippen LogP contribution is 2.29. The molecular formula is C14H18N2O. The summed E-state index contributed by atoms with van der Waals surface area (Å²) in [6, 6.07) is 5.74. The zero-order valence-corrected chi connectivity index (χ0v) is 10.3. The van der Waals surface area contributed by atoms with E-state index in [9.17, 15) is 0 Å². The minimum atomic E-state index is 0.650. The average molecular weight is 230 g/mol. The summed E-state index contributed by atoms with van der Waals surface area (Å²) >= 11 is 0. The maximum atomic E-state index is 5.91. The molecule has 90 valence electrons. The van der Waals surface area contributed by atoms with Crippen LogP contribution in [-0.4, -0.2) is 11.6 Å². The van der Waals surface area contributed by atoms with Crippen LogP contribution in [0.15, 0.2) is 30.6 Å². The number of hydrogen-bond donors (Lipinski definition) is 1. The first kappa shape index (κ1) is 11.7. The van der Waals surface area contributed by atoms with E-state index in [0.717, 1.165) is 35.2 Å². The predicted molar refractivity (Wildman–Crippen MR) is 71.1 cm³/mol. The molecule has 0 aliphatic rings. The third-order valence-corrected chi connectivity index (χ3v) is 2.76. The summed E-state index contributed by atoms with van der Waals surface area (Å²) in [5, 5.41) is 1.98. The van der Waals surface area contributed by atoms with Crippen LogP contribution in [0.1, 0.15) is 20.3 Å². The molecule has 0 radical (unpaired) electrons. The fraction of sp³-hybridized carbons (Fsp3) is 0.357. The molecule has 3 heteroatoms. The van der Waals surface area contributed by atoms with Gasteiger partial charge in [0.2, 0.25) is 0 Å². The summed E-state index contributed by atoms with van der Waals surface area (Å²) in [4.78, 5) is 4.09. The Kier molecular flexibility index (Phi) is 3.47. The van der Waals surface area contributed by atoms with Gasteiger partial charge in [0.15, 0.2) is 0 Å². The lowest BCUT2D eigenvalue weighted by Crippen LogP contribution is -2.02. The second-order valence-corrected chi connectivity index (χ2v) is 4.61. The Hall–Kier alpha value is -1.77. The van der Waals surface area contributed by atoms with Crippen LogP contribution in [0.25, 0.3) is 10.8 Å². The van der Waals surface area contributed by atoms with Crippen LogP contribution in [0.5, 0.6) is 5.75 Å². The number of nitrogen functional groups attached to an aromatic ring is 1. The maximum Gasteiger partial charge on any atom is 0.127 e. The fourth-order valence-corrected chi connectivity index (χ4v) is 1.71. The zero-order chi connectivity index (χ0) is 12.3. The standard InChI is InChI=1S/C14H18N2O/c1-10(2)6-8-17-14-4-3-13(15)12-9-16-7-5-11(12)14/h3-5,7,9-10H,6,8,15H2,1-2H3. The Balaban J connectivity index is 2.26. The molecule has 2 aromatic rings. The smallest absolute Gasteiger partial charge is 0.127 e. The van der Waals surface area contributed by atoms with Gasteiger partial charge in [0.25, 0.3) is 0 Å². The van der Waals surface area contributed by atoms with E-state index in [2.05, 4.69) is 18.8 Å². The van der Waals surface area contributed by atoms with Gasteiger partial charge in [0, 0.05) is 28.9 Å². The van der Waals surface area contributed by atoms with Gasteiger partial charge in [-0.3, -0.25) is 4.98 Å². The second kappa shape index (κ2) is 5.04. The molecule has 1 aromatic heterocycles. The molecule has 3 nitrogen and oxygen atoms in total. The molecule has 0 saturated heterocycles. The molecule has 1 aromatic carbocycles. The number of fused-ring (bicyclic) bond motifs is 1. The third-order valence-electron chi connectivity index (χ3n) is 2.76. The van der Waals surface area contributed by atoms with E-state index in [4.69, 9.17) is 10.5 Å². The highest BCUT2D eigenvalue weighted by atomic mass is 16.5. The molecule has 17 heavy (non-hydrogen) atoms. The summed E-state index contributed by atoms with van der Waals surface area (Å²) in [6.45, 7) is 5.11. The molecule has 0 aliphatic heterocycles. The van der Waals surface area contributed by atoms with Gasteiger partial charge in [-0.1, -0.05) is 13.8 Å². The average Bonchev–Trinajstić information content (AvgIpc) is 2.32. The zero-order valence-electron chi connectivity index (χ0n) is 10.3. The van der Waals surface area contributed by atoms with Crippen molar-refractivity contribution in [2.45, 2.75) is 20.3 Å². The lowest BCUT2D eigenvalue weighted by molar-refractivity contribution is 0.292. The Labute approximate surface area is 102 Å². The molecule has 0 fully saturated rings. The van der Waals surface area contributed by atoms with Gasteiger partial charge in [0.05, 0.1) is 6.61 Å². The van der Waals surface area contributed by atoms with Gasteiger partial charge in [-0.05, 0) is 30.5 Å². The van der Waals surface area contributed by atoms with Gasteiger partial charge in [-0.15, -0.1) is 0 Å². The number of rotatable bonds is 4. The highest BCUT2D eigenvalue weighted by molar-refractivity contribution is 5.96. The third kappa shape index (κ3) is 2.67. The Bertz CT molecular complexity index is 509. The van der Waals surface area contributed by atoms with E-state index in [1.165, 1.54) is 0 Å². The van der Waals surface area contributed by atoms with Crippen LogP contribution in [0.3, 0.4) is 0 Å². The van der Waals surface area contributed by atoms with Gasteiger partial charge < -0.3 is 10.5 Å². The molecule has 0 atom stereocenters. The first-order valence-corrected chi connectivity index (χ1v) is 5.93. The van der Waals surface area contributed by atoms with Crippen molar-refractivity contribution in [3.63, 3.8) is 0 Å². The van der Waals surface area contributed by atoms with E-state index in [-0.39, 0.29) is 0 Å². The summed E-state index contributed by atoms with van der Waals surface area (Å²) < 4.78 is 5.80. The monoisotopic (exact) mass is 230 g/mol. The second-order valence-electron chi connectivity index (χ2n) is 4.61. The fourth-order valence-electron chi connectivity index (χ4n) is 1.71. The van der Waals surface area contributed by atoms with Crippen LogP contribution in [-0.2, 0) is 0 Å². The van der Waals surface area contributed by atoms with Crippen molar-refractivity contribution in [3.8, 4) is 5.75 Å². The number of nitrogens with zero attached hydrogens (tertiary/aromatic N) is 1. The van der Waals surface area contributed by atoms with Crippen LogP contribution in [0.2, 0.25) is 0 Å². The lowest BCUT2D eigenvalue weighted by Gasteiger charge is -2.11. The number of aromatic nitrogens is 1. The normalized spacial score (nSPS) is 11.0. The van der Waals surface area contributed by atoms with Crippen molar-refractivity contribution in [1.82, 2.24) is 4.98 Å². The molecule has 0 spiro atoms. The largest absolute Gasteiger partial charge is 0.493 e. The van der Waals surface area contributed by atoms with E-state index < -0.39 is 0 Å². The quantitative estimate of drug-likeness (QED) is 0.820.